The highest BCUT2D eigenvalue weighted by Gasteiger charge is 2.30. The van der Waals surface area contributed by atoms with Gasteiger partial charge in [0.15, 0.2) is 0 Å². The van der Waals surface area contributed by atoms with Crippen molar-refractivity contribution >= 4 is 5.91 Å². The Morgan fingerprint density at radius 3 is 2.41 bits per heavy atom. The molecule has 3 nitrogen and oxygen atoms in total. The lowest BCUT2D eigenvalue weighted by atomic mass is 9.96. The SMILES string of the molecule is CC(Cc1ccc(C(F)(F)F)cc1)NC(=O)C1CCNCC1. The van der Waals surface area contributed by atoms with Crippen molar-refractivity contribution in [3.05, 3.63) is 35.4 Å². The number of carbonyl (C=O) groups is 1. The number of alkyl halides is 3. The zero-order valence-corrected chi connectivity index (χ0v) is 12.5. The zero-order valence-electron chi connectivity index (χ0n) is 12.5. The lowest BCUT2D eigenvalue weighted by molar-refractivity contribution is -0.137. The number of nitrogens with one attached hydrogen (secondary N) is 2. The van der Waals surface area contributed by atoms with Crippen LogP contribution in [0.2, 0.25) is 0 Å². The number of benzene rings is 1. The molecule has 2 N–H and O–H groups in total. The minimum Gasteiger partial charge on any atom is -0.353 e. The second kappa shape index (κ2) is 7.13. The molecule has 0 radical (unpaired) electrons. The summed E-state index contributed by atoms with van der Waals surface area (Å²) in [4.78, 5) is 12.1. The van der Waals surface area contributed by atoms with Gasteiger partial charge in [0.2, 0.25) is 5.91 Å². The Balaban J connectivity index is 1.86. The Bertz CT molecular complexity index is 493. The van der Waals surface area contributed by atoms with Crippen LogP contribution in [0.25, 0.3) is 0 Å². The van der Waals surface area contributed by atoms with Crippen LogP contribution in [0.5, 0.6) is 0 Å². The highest BCUT2D eigenvalue weighted by atomic mass is 19.4. The normalized spacial score (nSPS) is 18.0. The molecule has 122 valence electrons. The van der Waals surface area contributed by atoms with Gasteiger partial charge in [0.25, 0.3) is 0 Å². The minimum absolute atomic E-state index is 0.0382. The molecule has 1 saturated heterocycles. The Morgan fingerprint density at radius 1 is 1.27 bits per heavy atom. The first-order valence-corrected chi connectivity index (χ1v) is 7.53. The van der Waals surface area contributed by atoms with Crippen molar-refractivity contribution in [1.82, 2.24) is 10.6 Å². The lowest BCUT2D eigenvalue weighted by Gasteiger charge is -2.24. The van der Waals surface area contributed by atoms with E-state index in [2.05, 4.69) is 10.6 Å². The van der Waals surface area contributed by atoms with Crippen LogP contribution in [0.15, 0.2) is 24.3 Å². The van der Waals surface area contributed by atoms with Gasteiger partial charge in [-0.05, 0) is 57.0 Å². The van der Waals surface area contributed by atoms with E-state index in [9.17, 15) is 18.0 Å². The van der Waals surface area contributed by atoms with Crippen LogP contribution in [0.4, 0.5) is 13.2 Å². The molecule has 0 aromatic heterocycles. The maximum atomic E-state index is 12.5. The predicted molar refractivity (Wildman–Crippen MR) is 78.3 cm³/mol. The van der Waals surface area contributed by atoms with Gasteiger partial charge in [-0.15, -0.1) is 0 Å². The van der Waals surface area contributed by atoms with Crippen molar-refractivity contribution in [2.75, 3.05) is 13.1 Å². The van der Waals surface area contributed by atoms with Crippen molar-refractivity contribution in [3.8, 4) is 0 Å². The second-order valence-corrected chi connectivity index (χ2v) is 5.83. The third-order valence-electron chi connectivity index (χ3n) is 3.92. The third kappa shape index (κ3) is 4.73. The molecule has 1 aliphatic rings. The smallest absolute Gasteiger partial charge is 0.353 e. The van der Waals surface area contributed by atoms with E-state index in [1.807, 2.05) is 6.92 Å². The van der Waals surface area contributed by atoms with Crippen molar-refractivity contribution in [3.63, 3.8) is 0 Å². The molecule has 1 heterocycles. The van der Waals surface area contributed by atoms with Crippen LogP contribution in [-0.4, -0.2) is 25.0 Å². The molecule has 0 saturated carbocycles. The Hall–Kier alpha value is -1.56. The van der Waals surface area contributed by atoms with Crippen molar-refractivity contribution in [1.29, 1.82) is 0 Å². The number of amides is 1. The Kier molecular flexibility index (Phi) is 5.45. The molecule has 1 fully saturated rings. The number of hydrogen-bond donors (Lipinski definition) is 2. The van der Waals surface area contributed by atoms with Gasteiger partial charge < -0.3 is 10.6 Å². The first kappa shape index (κ1) is 16.8. The van der Waals surface area contributed by atoms with Crippen molar-refractivity contribution < 1.29 is 18.0 Å². The number of hydrogen-bond acceptors (Lipinski definition) is 2. The zero-order chi connectivity index (χ0) is 16.2. The predicted octanol–water partition coefficient (Wildman–Crippen LogP) is 2.75. The molecule has 1 aliphatic heterocycles. The lowest BCUT2D eigenvalue weighted by Crippen LogP contribution is -2.42. The van der Waals surface area contributed by atoms with E-state index in [1.54, 1.807) is 0 Å². The quantitative estimate of drug-likeness (QED) is 0.897. The number of piperidine rings is 1. The van der Waals surface area contributed by atoms with Gasteiger partial charge in [-0.25, -0.2) is 0 Å². The fraction of sp³-hybridized carbons (Fsp3) is 0.562. The standard InChI is InChI=1S/C16H21F3N2O/c1-11(21-15(22)13-6-8-20-9-7-13)10-12-2-4-14(5-3-12)16(17,18)19/h2-5,11,13,20H,6-10H2,1H3,(H,21,22). The van der Waals surface area contributed by atoms with E-state index in [-0.39, 0.29) is 17.9 Å². The van der Waals surface area contributed by atoms with Gasteiger partial charge in [-0.1, -0.05) is 12.1 Å². The summed E-state index contributed by atoms with van der Waals surface area (Å²) >= 11 is 0. The molecule has 1 amide bonds. The summed E-state index contributed by atoms with van der Waals surface area (Å²) in [5.74, 6) is 0.0808. The maximum absolute atomic E-state index is 12.5. The summed E-state index contributed by atoms with van der Waals surface area (Å²) in [5.41, 5.74) is 0.133. The van der Waals surface area contributed by atoms with Crippen LogP contribution in [0, 0.1) is 5.92 Å². The summed E-state index contributed by atoms with van der Waals surface area (Å²) < 4.78 is 37.5. The molecule has 22 heavy (non-hydrogen) atoms. The fourth-order valence-electron chi connectivity index (χ4n) is 2.68. The highest BCUT2D eigenvalue weighted by Crippen LogP contribution is 2.29. The van der Waals surface area contributed by atoms with Gasteiger partial charge in [-0.2, -0.15) is 13.2 Å². The molecular weight excluding hydrogens is 293 g/mol. The fourth-order valence-corrected chi connectivity index (χ4v) is 2.68. The van der Waals surface area contributed by atoms with Gasteiger partial charge in [-0.3, -0.25) is 4.79 Å². The average molecular weight is 314 g/mol. The van der Waals surface area contributed by atoms with E-state index < -0.39 is 11.7 Å². The van der Waals surface area contributed by atoms with E-state index >= 15 is 0 Å². The number of halogens is 3. The van der Waals surface area contributed by atoms with Gasteiger partial charge >= 0.3 is 6.18 Å². The highest BCUT2D eigenvalue weighted by molar-refractivity contribution is 5.79. The van der Waals surface area contributed by atoms with E-state index in [0.29, 0.717) is 6.42 Å². The summed E-state index contributed by atoms with van der Waals surface area (Å²) in [7, 11) is 0. The largest absolute Gasteiger partial charge is 0.416 e. The molecule has 2 rings (SSSR count). The van der Waals surface area contributed by atoms with Gasteiger partial charge in [0, 0.05) is 12.0 Å². The second-order valence-electron chi connectivity index (χ2n) is 5.83. The van der Waals surface area contributed by atoms with Crippen LogP contribution in [0.1, 0.15) is 30.9 Å². The summed E-state index contributed by atoms with van der Waals surface area (Å²) in [6, 6.07) is 5.00. The minimum atomic E-state index is -4.31. The topological polar surface area (TPSA) is 41.1 Å². The first-order valence-electron chi connectivity index (χ1n) is 7.53. The van der Waals surface area contributed by atoms with Crippen molar-refractivity contribution in [2.24, 2.45) is 5.92 Å². The average Bonchev–Trinajstić information content (AvgIpc) is 2.47. The third-order valence-corrected chi connectivity index (χ3v) is 3.92. The van der Waals surface area contributed by atoms with Crippen LogP contribution < -0.4 is 10.6 Å². The molecule has 0 spiro atoms. The van der Waals surface area contributed by atoms with Crippen LogP contribution in [0.3, 0.4) is 0 Å². The Morgan fingerprint density at radius 2 is 1.86 bits per heavy atom. The molecule has 6 heteroatoms. The summed E-state index contributed by atoms with van der Waals surface area (Å²) in [6.45, 7) is 3.58. The monoisotopic (exact) mass is 314 g/mol. The van der Waals surface area contributed by atoms with Crippen LogP contribution in [-0.2, 0) is 17.4 Å². The molecule has 0 aliphatic carbocycles. The summed E-state index contributed by atoms with van der Waals surface area (Å²) in [5, 5.41) is 6.16. The molecule has 1 aromatic carbocycles. The van der Waals surface area contributed by atoms with Gasteiger partial charge in [0.05, 0.1) is 5.56 Å². The molecule has 0 bridgehead atoms. The molecular formula is C16H21F3N2O. The summed E-state index contributed by atoms with van der Waals surface area (Å²) in [6.07, 6.45) is -2.13. The molecule has 1 atom stereocenters. The van der Waals surface area contributed by atoms with Gasteiger partial charge in [0.1, 0.15) is 0 Å². The molecule has 1 unspecified atom stereocenters. The first-order chi connectivity index (χ1) is 10.4. The Labute approximate surface area is 128 Å². The van der Waals surface area contributed by atoms with E-state index in [1.165, 1.54) is 12.1 Å². The van der Waals surface area contributed by atoms with E-state index in [0.717, 1.165) is 43.6 Å². The number of rotatable bonds is 4. The van der Waals surface area contributed by atoms with E-state index in [4.69, 9.17) is 0 Å². The maximum Gasteiger partial charge on any atom is 0.416 e. The van der Waals surface area contributed by atoms with Crippen LogP contribution >= 0.6 is 0 Å². The molecule has 1 aromatic rings. The number of carbonyl (C=O) groups excluding carboxylic acids is 1. The van der Waals surface area contributed by atoms with Crippen molar-refractivity contribution in [2.45, 2.75) is 38.4 Å².